The van der Waals surface area contributed by atoms with Crippen LogP contribution in [0.5, 0.6) is 0 Å². The Kier molecular flexibility index (Phi) is 2.72. The van der Waals surface area contributed by atoms with Crippen LogP contribution < -0.4 is 11.5 Å². The van der Waals surface area contributed by atoms with Gasteiger partial charge in [-0.3, -0.25) is 4.79 Å². The minimum atomic E-state index is -0.723. The molecular formula is C8H6ClN3O. The Balaban J connectivity index is 3.09. The highest BCUT2D eigenvalue weighted by molar-refractivity contribution is 6.30. The van der Waals surface area contributed by atoms with Crippen LogP contribution in [0.1, 0.15) is 5.56 Å². The lowest BCUT2D eigenvalue weighted by molar-refractivity contribution is -0.112. The summed E-state index contributed by atoms with van der Waals surface area (Å²) in [5.74, 6) is 4.09. The number of nitrogen functional groups attached to an aromatic ring is 1. The first-order valence-corrected chi connectivity index (χ1v) is 3.70. The third-order valence-electron chi connectivity index (χ3n) is 1.21. The van der Waals surface area contributed by atoms with E-state index in [0.717, 1.165) is 0 Å². The Labute approximate surface area is 79.9 Å². The number of hydrogen-bond acceptors (Lipinski definition) is 3. The van der Waals surface area contributed by atoms with Crippen LogP contribution in [-0.2, 0) is 4.79 Å². The number of anilines is 1. The summed E-state index contributed by atoms with van der Waals surface area (Å²) < 4.78 is 0. The molecule has 1 aromatic heterocycles. The highest BCUT2D eigenvalue weighted by atomic mass is 35.5. The first-order valence-electron chi connectivity index (χ1n) is 3.32. The molecule has 0 aliphatic carbocycles. The Bertz CT molecular complexity index is 406. The molecule has 0 bridgehead atoms. The second kappa shape index (κ2) is 3.78. The normalized spacial score (nSPS) is 8.69. The van der Waals surface area contributed by atoms with E-state index in [9.17, 15) is 4.79 Å². The smallest absolute Gasteiger partial charge is 0.293 e. The maximum absolute atomic E-state index is 10.3. The minimum Gasteiger partial charge on any atom is -0.383 e. The van der Waals surface area contributed by atoms with Gasteiger partial charge in [-0.25, -0.2) is 4.98 Å². The van der Waals surface area contributed by atoms with Gasteiger partial charge in [-0.15, -0.1) is 0 Å². The molecule has 0 unspecified atom stereocenters. The molecular weight excluding hydrogens is 190 g/mol. The van der Waals surface area contributed by atoms with Gasteiger partial charge in [0.05, 0.1) is 10.6 Å². The van der Waals surface area contributed by atoms with Gasteiger partial charge in [0, 0.05) is 12.1 Å². The molecule has 1 aromatic rings. The van der Waals surface area contributed by atoms with E-state index in [1.807, 2.05) is 0 Å². The molecule has 0 atom stereocenters. The Morgan fingerprint density at radius 2 is 2.31 bits per heavy atom. The van der Waals surface area contributed by atoms with E-state index >= 15 is 0 Å². The SMILES string of the molecule is NC(=O)C#Cc1cc(Cl)cnc1N. The number of nitrogens with two attached hydrogens (primary N) is 2. The standard InChI is InChI=1S/C8H6ClN3O/c9-6-3-5(1-2-7(10)13)8(11)12-4-6/h3-4H,(H2,10,13)(H2,11,12). The molecule has 4 N–H and O–H groups in total. The molecule has 0 saturated heterocycles. The number of primary amides is 1. The average molecular weight is 196 g/mol. The average Bonchev–Trinajstić information content (AvgIpc) is 2.06. The lowest BCUT2D eigenvalue weighted by Crippen LogP contribution is -2.06. The van der Waals surface area contributed by atoms with Crippen molar-refractivity contribution in [3.05, 3.63) is 22.8 Å². The summed E-state index contributed by atoms with van der Waals surface area (Å²) in [6, 6.07) is 1.51. The quantitative estimate of drug-likeness (QED) is 0.579. The highest BCUT2D eigenvalue weighted by Gasteiger charge is 1.97. The van der Waals surface area contributed by atoms with Crippen molar-refractivity contribution in [3.8, 4) is 11.8 Å². The Morgan fingerprint density at radius 3 is 2.92 bits per heavy atom. The minimum absolute atomic E-state index is 0.221. The van der Waals surface area contributed by atoms with Crippen LogP contribution in [0, 0.1) is 11.8 Å². The molecule has 0 saturated carbocycles. The second-order valence-corrected chi connectivity index (χ2v) is 2.64. The summed E-state index contributed by atoms with van der Waals surface area (Å²) in [4.78, 5) is 14.1. The second-order valence-electron chi connectivity index (χ2n) is 2.20. The van der Waals surface area contributed by atoms with Crippen LogP contribution in [0.3, 0.4) is 0 Å². The van der Waals surface area contributed by atoms with Crippen molar-refractivity contribution >= 4 is 23.3 Å². The predicted molar refractivity (Wildman–Crippen MR) is 49.7 cm³/mol. The van der Waals surface area contributed by atoms with Crippen molar-refractivity contribution in [1.82, 2.24) is 4.98 Å². The third kappa shape index (κ3) is 2.65. The molecule has 66 valence electrons. The van der Waals surface area contributed by atoms with Crippen molar-refractivity contribution in [3.63, 3.8) is 0 Å². The van der Waals surface area contributed by atoms with Gasteiger partial charge >= 0.3 is 0 Å². The number of hydrogen-bond donors (Lipinski definition) is 2. The molecule has 1 rings (SSSR count). The number of aromatic nitrogens is 1. The summed E-state index contributed by atoms with van der Waals surface area (Å²) >= 11 is 5.63. The summed E-state index contributed by atoms with van der Waals surface area (Å²) in [5.41, 5.74) is 10.7. The number of pyridine rings is 1. The van der Waals surface area contributed by atoms with Crippen LogP contribution in [0.25, 0.3) is 0 Å². The van der Waals surface area contributed by atoms with Crippen molar-refractivity contribution in [2.75, 3.05) is 5.73 Å². The molecule has 13 heavy (non-hydrogen) atoms. The van der Waals surface area contributed by atoms with Gasteiger partial charge in [0.25, 0.3) is 5.91 Å². The Morgan fingerprint density at radius 1 is 1.62 bits per heavy atom. The fourth-order valence-electron chi connectivity index (χ4n) is 0.679. The first-order chi connectivity index (χ1) is 6.09. The number of carbonyl (C=O) groups is 1. The van der Waals surface area contributed by atoms with Crippen molar-refractivity contribution < 1.29 is 4.79 Å². The van der Waals surface area contributed by atoms with E-state index in [0.29, 0.717) is 10.6 Å². The van der Waals surface area contributed by atoms with Gasteiger partial charge in [0.15, 0.2) is 0 Å². The molecule has 0 aliphatic heterocycles. The van der Waals surface area contributed by atoms with Gasteiger partial charge in [0.2, 0.25) is 0 Å². The topological polar surface area (TPSA) is 82.0 Å². The first kappa shape index (κ1) is 9.36. The molecule has 0 radical (unpaired) electrons. The van der Waals surface area contributed by atoms with Gasteiger partial charge in [-0.05, 0) is 6.07 Å². The monoisotopic (exact) mass is 195 g/mol. The van der Waals surface area contributed by atoms with Crippen LogP contribution >= 0.6 is 11.6 Å². The summed E-state index contributed by atoms with van der Waals surface area (Å²) in [7, 11) is 0. The van der Waals surface area contributed by atoms with Crippen LogP contribution in [0.15, 0.2) is 12.3 Å². The van der Waals surface area contributed by atoms with Gasteiger partial charge < -0.3 is 11.5 Å². The lowest BCUT2D eigenvalue weighted by Gasteiger charge is -1.95. The van der Waals surface area contributed by atoms with Gasteiger partial charge in [-0.1, -0.05) is 17.5 Å². The van der Waals surface area contributed by atoms with E-state index < -0.39 is 5.91 Å². The summed E-state index contributed by atoms with van der Waals surface area (Å²) in [5, 5.41) is 0.406. The number of carbonyl (C=O) groups excluding carboxylic acids is 1. The summed E-state index contributed by atoms with van der Waals surface area (Å²) in [6.07, 6.45) is 1.40. The molecule has 4 nitrogen and oxygen atoms in total. The fraction of sp³-hybridized carbons (Fsp3) is 0. The number of amides is 1. The summed E-state index contributed by atoms with van der Waals surface area (Å²) in [6.45, 7) is 0. The lowest BCUT2D eigenvalue weighted by atomic mass is 10.2. The van der Waals surface area contributed by atoms with Gasteiger partial charge in [-0.2, -0.15) is 0 Å². The zero-order chi connectivity index (χ0) is 9.84. The molecule has 5 heteroatoms. The molecule has 0 spiro atoms. The van der Waals surface area contributed by atoms with E-state index in [-0.39, 0.29) is 5.82 Å². The number of halogens is 1. The van der Waals surface area contributed by atoms with Crippen molar-refractivity contribution in [1.29, 1.82) is 0 Å². The highest BCUT2D eigenvalue weighted by Crippen LogP contribution is 2.13. The van der Waals surface area contributed by atoms with Crippen molar-refractivity contribution in [2.45, 2.75) is 0 Å². The van der Waals surface area contributed by atoms with E-state index in [4.69, 9.17) is 23.1 Å². The molecule has 0 fully saturated rings. The van der Waals surface area contributed by atoms with Crippen LogP contribution in [-0.4, -0.2) is 10.9 Å². The van der Waals surface area contributed by atoms with Crippen LogP contribution in [0.2, 0.25) is 5.02 Å². The van der Waals surface area contributed by atoms with E-state index in [1.54, 1.807) is 0 Å². The maximum Gasteiger partial charge on any atom is 0.293 e. The zero-order valence-electron chi connectivity index (χ0n) is 6.54. The molecule has 0 aromatic carbocycles. The molecule has 0 aliphatic rings. The van der Waals surface area contributed by atoms with Crippen molar-refractivity contribution in [2.24, 2.45) is 5.73 Å². The fourth-order valence-corrected chi connectivity index (χ4v) is 0.837. The zero-order valence-corrected chi connectivity index (χ0v) is 7.30. The maximum atomic E-state index is 10.3. The van der Waals surface area contributed by atoms with E-state index in [1.165, 1.54) is 12.3 Å². The Hall–Kier alpha value is -1.73. The third-order valence-corrected chi connectivity index (χ3v) is 1.41. The largest absolute Gasteiger partial charge is 0.383 e. The molecule has 1 heterocycles. The molecule has 1 amide bonds. The predicted octanol–water partition coefficient (Wildman–Crippen LogP) is 0.154. The van der Waals surface area contributed by atoms with Gasteiger partial charge in [0.1, 0.15) is 5.82 Å². The number of rotatable bonds is 0. The van der Waals surface area contributed by atoms with Crippen LogP contribution in [0.4, 0.5) is 5.82 Å². The number of nitrogens with zero attached hydrogens (tertiary/aromatic N) is 1. The van der Waals surface area contributed by atoms with E-state index in [2.05, 4.69) is 16.8 Å².